The molecule has 20 heavy (non-hydrogen) atoms. The summed E-state index contributed by atoms with van der Waals surface area (Å²) in [6, 6.07) is 16.3. The molecule has 0 radical (unpaired) electrons. The van der Waals surface area contributed by atoms with Gasteiger partial charge in [-0.3, -0.25) is 0 Å². The first-order chi connectivity index (χ1) is 9.83. The number of methoxy groups -OCH3 is 2. The zero-order chi connectivity index (χ0) is 14.2. The van der Waals surface area contributed by atoms with Crippen molar-refractivity contribution in [2.75, 3.05) is 20.8 Å². The van der Waals surface area contributed by atoms with Gasteiger partial charge in [-0.2, -0.15) is 0 Å². The maximum Gasteiger partial charge on any atom is 0.122 e. The normalized spacial score (nSPS) is 10.3. The fraction of sp³-hybridized carbons (Fsp3) is 0.294. The molecule has 2 aromatic rings. The largest absolute Gasteiger partial charge is 0.497 e. The second kappa shape index (κ2) is 7.56. The van der Waals surface area contributed by atoms with Crippen molar-refractivity contribution in [2.45, 2.75) is 13.0 Å². The molecule has 0 spiro atoms. The predicted octanol–water partition coefficient (Wildman–Crippen LogP) is 3.04. The second-order valence-corrected chi connectivity index (χ2v) is 4.59. The number of hydrogen-bond acceptors (Lipinski definition) is 3. The molecule has 0 atom stereocenters. The van der Waals surface area contributed by atoms with E-state index < -0.39 is 0 Å². The fourth-order valence-corrected chi connectivity index (χ4v) is 2.11. The van der Waals surface area contributed by atoms with Crippen LogP contribution in [-0.2, 0) is 13.0 Å². The van der Waals surface area contributed by atoms with E-state index in [0.717, 1.165) is 31.0 Å². The van der Waals surface area contributed by atoms with Gasteiger partial charge in [0.05, 0.1) is 14.2 Å². The van der Waals surface area contributed by atoms with Gasteiger partial charge in [-0.15, -0.1) is 0 Å². The van der Waals surface area contributed by atoms with Crippen molar-refractivity contribution in [1.82, 2.24) is 5.32 Å². The van der Waals surface area contributed by atoms with E-state index in [1.54, 1.807) is 14.2 Å². The third-order valence-corrected chi connectivity index (χ3v) is 3.25. The minimum absolute atomic E-state index is 0.860. The van der Waals surface area contributed by atoms with Gasteiger partial charge in [-0.25, -0.2) is 0 Å². The van der Waals surface area contributed by atoms with Crippen molar-refractivity contribution in [3.8, 4) is 11.5 Å². The third kappa shape index (κ3) is 4.00. The third-order valence-electron chi connectivity index (χ3n) is 3.25. The first kappa shape index (κ1) is 14.4. The van der Waals surface area contributed by atoms with Gasteiger partial charge in [0, 0.05) is 6.54 Å². The van der Waals surface area contributed by atoms with Crippen LogP contribution < -0.4 is 14.8 Å². The maximum atomic E-state index is 5.34. The highest BCUT2D eigenvalue weighted by molar-refractivity contribution is 5.33. The molecule has 0 aliphatic rings. The van der Waals surface area contributed by atoms with Crippen molar-refractivity contribution >= 4 is 0 Å². The highest BCUT2D eigenvalue weighted by Crippen LogP contribution is 2.17. The Morgan fingerprint density at radius 1 is 0.900 bits per heavy atom. The number of hydrogen-bond donors (Lipinski definition) is 1. The van der Waals surface area contributed by atoms with Crippen LogP contribution in [0, 0.1) is 0 Å². The van der Waals surface area contributed by atoms with Gasteiger partial charge in [0.2, 0.25) is 0 Å². The topological polar surface area (TPSA) is 30.5 Å². The molecule has 106 valence electrons. The van der Waals surface area contributed by atoms with Gasteiger partial charge in [0.25, 0.3) is 0 Å². The monoisotopic (exact) mass is 271 g/mol. The van der Waals surface area contributed by atoms with Crippen molar-refractivity contribution in [3.63, 3.8) is 0 Å². The lowest BCUT2D eigenvalue weighted by Gasteiger charge is -2.09. The Balaban J connectivity index is 1.78. The highest BCUT2D eigenvalue weighted by Gasteiger charge is 2.01. The van der Waals surface area contributed by atoms with Gasteiger partial charge >= 0.3 is 0 Å². The Labute approximate surface area is 120 Å². The van der Waals surface area contributed by atoms with Gasteiger partial charge in [-0.1, -0.05) is 30.3 Å². The summed E-state index contributed by atoms with van der Waals surface area (Å²) in [5.41, 5.74) is 2.49. The van der Waals surface area contributed by atoms with Gasteiger partial charge in [0.1, 0.15) is 11.5 Å². The molecule has 0 unspecified atom stereocenters. The molecule has 0 bridgehead atoms. The van der Waals surface area contributed by atoms with Crippen LogP contribution in [0.5, 0.6) is 11.5 Å². The molecule has 2 aromatic carbocycles. The van der Waals surface area contributed by atoms with Crippen LogP contribution in [0.25, 0.3) is 0 Å². The van der Waals surface area contributed by atoms with E-state index in [1.807, 2.05) is 30.3 Å². The molecule has 0 aliphatic heterocycles. The number of benzene rings is 2. The summed E-state index contributed by atoms with van der Waals surface area (Å²) in [6.45, 7) is 1.78. The van der Waals surface area contributed by atoms with E-state index in [2.05, 4.69) is 23.5 Å². The summed E-state index contributed by atoms with van der Waals surface area (Å²) in [7, 11) is 3.39. The molecule has 3 heteroatoms. The summed E-state index contributed by atoms with van der Waals surface area (Å²) in [5, 5.41) is 3.44. The Bertz CT molecular complexity index is 523. The molecular weight excluding hydrogens is 250 g/mol. The van der Waals surface area contributed by atoms with E-state index in [-0.39, 0.29) is 0 Å². The van der Waals surface area contributed by atoms with Crippen molar-refractivity contribution in [3.05, 3.63) is 59.7 Å². The van der Waals surface area contributed by atoms with Gasteiger partial charge in [-0.05, 0) is 42.3 Å². The number of para-hydroxylation sites is 1. The smallest absolute Gasteiger partial charge is 0.122 e. The summed E-state index contributed by atoms with van der Waals surface area (Å²) in [5.74, 6) is 1.85. The van der Waals surface area contributed by atoms with E-state index in [9.17, 15) is 0 Å². The SMILES string of the molecule is COc1ccc(CNCCc2ccccc2OC)cc1. The minimum Gasteiger partial charge on any atom is -0.497 e. The molecule has 0 saturated carbocycles. The predicted molar refractivity (Wildman–Crippen MR) is 81.4 cm³/mol. The summed E-state index contributed by atoms with van der Waals surface area (Å²) in [4.78, 5) is 0. The number of ether oxygens (including phenoxy) is 2. The van der Waals surface area contributed by atoms with Crippen LogP contribution in [0.3, 0.4) is 0 Å². The van der Waals surface area contributed by atoms with Crippen LogP contribution in [-0.4, -0.2) is 20.8 Å². The molecule has 1 N–H and O–H groups in total. The van der Waals surface area contributed by atoms with Crippen molar-refractivity contribution in [2.24, 2.45) is 0 Å². The van der Waals surface area contributed by atoms with Crippen LogP contribution in [0.2, 0.25) is 0 Å². The Kier molecular flexibility index (Phi) is 5.44. The molecule has 3 nitrogen and oxygen atoms in total. The minimum atomic E-state index is 0.860. The van der Waals surface area contributed by atoms with Crippen LogP contribution in [0.1, 0.15) is 11.1 Å². The van der Waals surface area contributed by atoms with Crippen LogP contribution >= 0.6 is 0 Å². The maximum absolute atomic E-state index is 5.34. The van der Waals surface area contributed by atoms with Crippen LogP contribution in [0.4, 0.5) is 0 Å². The molecule has 0 saturated heterocycles. The second-order valence-electron chi connectivity index (χ2n) is 4.59. The lowest BCUT2D eigenvalue weighted by molar-refractivity contribution is 0.409. The lowest BCUT2D eigenvalue weighted by atomic mass is 10.1. The zero-order valence-electron chi connectivity index (χ0n) is 12.1. The average Bonchev–Trinajstić information content (AvgIpc) is 2.52. The number of rotatable bonds is 7. The Hall–Kier alpha value is -2.00. The van der Waals surface area contributed by atoms with Crippen LogP contribution in [0.15, 0.2) is 48.5 Å². The first-order valence-corrected chi connectivity index (χ1v) is 6.79. The lowest BCUT2D eigenvalue weighted by Crippen LogP contribution is -2.16. The summed E-state index contributed by atoms with van der Waals surface area (Å²) < 4.78 is 10.5. The summed E-state index contributed by atoms with van der Waals surface area (Å²) >= 11 is 0. The molecule has 0 aliphatic carbocycles. The van der Waals surface area contributed by atoms with Crippen molar-refractivity contribution in [1.29, 1.82) is 0 Å². The zero-order valence-corrected chi connectivity index (χ0v) is 12.1. The van der Waals surface area contributed by atoms with E-state index >= 15 is 0 Å². The Morgan fingerprint density at radius 2 is 1.65 bits per heavy atom. The molecule has 2 rings (SSSR count). The number of nitrogens with one attached hydrogen (secondary N) is 1. The highest BCUT2D eigenvalue weighted by atomic mass is 16.5. The van der Waals surface area contributed by atoms with E-state index in [0.29, 0.717) is 0 Å². The van der Waals surface area contributed by atoms with E-state index in [4.69, 9.17) is 9.47 Å². The van der Waals surface area contributed by atoms with E-state index in [1.165, 1.54) is 11.1 Å². The fourth-order valence-electron chi connectivity index (χ4n) is 2.11. The molecule has 0 amide bonds. The van der Waals surface area contributed by atoms with Gasteiger partial charge < -0.3 is 14.8 Å². The van der Waals surface area contributed by atoms with Crippen molar-refractivity contribution < 1.29 is 9.47 Å². The molecule has 0 aromatic heterocycles. The quantitative estimate of drug-likeness (QED) is 0.785. The first-order valence-electron chi connectivity index (χ1n) is 6.79. The summed E-state index contributed by atoms with van der Waals surface area (Å²) in [6.07, 6.45) is 0.959. The Morgan fingerprint density at radius 3 is 2.35 bits per heavy atom. The average molecular weight is 271 g/mol. The molecule has 0 heterocycles. The van der Waals surface area contributed by atoms with Gasteiger partial charge in [0.15, 0.2) is 0 Å². The molecule has 0 fully saturated rings. The standard InChI is InChI=1S/C17H21NO2/c1-19-16-9-7-14(8-10-16)13-18-12-11-15-5-3-4-6-17(15)20-2/h3-10,18H,11-13H2,1-2H3. The molecular formula is C17H21NO2.